The van der Waals surface area contributed by atoms with Crippen molar-refractivity contribution in [2.24, 2.45) is 5.92 Å². The lowest BCUT2D eigenvalue weighted by molar-refractivity contribution is -0.136. The minimum Gasteiger partial charge on any atom is -0.497 e. The first kappa shape index (κ1) is 28.4. The van der Waals surface area contributed by atoms with E-state index in [1.807, 2.05) is 30.3 Å². The second-order valence-corrected chi connectivity index (χ2v) is 9.80. The largest absolute Gasteiger partial charge is 0.497 e. The van der Waals surface area contributed by atoms with Gasteiger partial charge in [-0.25, -0.2) is 4.79 Å². The summed E-state index contributed by atoms with van der Waals surface area (Å²) in [4.78, 5) is 52.7. The van der Waals surface area contributed by atoms with Crippen LogP contribution in [0.2, 0.25) is 0 Å². The summed E-state index contributed by atoms with van der Waals surface area (Å²) >= 11 is 0. The molecule has 0 aromatic heterocycles. The van der Waals surface area contributed by atoms with Gasteiger partial charge >= 0.3 is 6.03 Å². The number of hydrogen-bond donors (Lipinski definition) is 3. The Morgan fingerprint density at radius 2 is 1.57 bits per heavy atom. The van der Waals surface area contributed by atoms with Crippen molar-refractivity contribution in [3.63, 3.8) is 0 Å². The van der Waals surface area contributed by atoms with Crippen molar-refractivity contribution in [3.05, 3.63) is 90.0 Å². The molecule has 0 radical (unpaired) electrons. The first-order chi connectivity index (χ1) is 19.3. The summed E-state index contributed by atoms with van der Waals surface area (Å²) in [7, 11) is 1.59. The van der Waals surface area contributed by atoms with Crippen LogP contribution in [0.5, 0.6) is 5.75 Å². The third-order valence-corrected chi connectivity index (χ3v) is 6.95. The molecule has 3 aromatic carbocycles. The Morgan fingerprint density at radius 3 is 2.23 bits per heavy atom. The van der Waals surface area contributed by atoms with Crippen LogP contribution in [0.4, 0.5) is 16.2 Å². The minimum atomic E-state index is -0.803. The van der Waals surface area contributed by atoms with E-state index in [0.29, 0.717) is 55.0 Å². The molecular formula is C31H34N4O5. The summed E-state index contributed by atoms with van der Waals surface area (Å²) in [5.41, 5.74) is 2.54. The smallest absolute Gasteiger partial charge is 0.319 e. The number of likely N-dealkylation sites (tertiary alicyclic amines) is 1. The van der Waals surface area contributed by atoms with Gasteiger partial charge in [0.15, 0.2) is 5.78 Å². The van der Waals surface area contributed by atoms with E-state index in [1.54, 1.807) is 60.5 Å². The number of carbonyl (C=O) groups excluding carboxylic acids is 4. The summed E-state index contributed by atoms with van der Waals surface area (Å²) in [6.45, 7) is 2.28. The van der Waals surface area contributed by atoms with Crippen LogP contribution in [0.15, 0.2) is 78.9 Å². The molecule has 40 heavy (non-hydrogen) atoms. The number of anilines is 2. The third kappa shape index (κ3) is 7.69. The summed E-state index contributed by atoms with van der Waals surface area (Å²) in [6, 6.07) is 21.9. The molecule has 0 aliphatic carbocycles. The Balaban J connectivity index is 1.37. The number of ketones is 1. The van der Waals surface area contributed by atoms with Crippen LogP contribution in [-0.2, 0) is 16.0 Å². The Labute approximate surface area is 233 Å². The Bertz CT molecular complexity index is 1340. The maximum absolute atomic E-state index is 13.6. The van der Waals surface area contributed by atoms with Gasteiger partial charge in [-0.05, 0) is 61.7 Å². The maximum Gasteiger partial charge on any atom is 0.319 e. The molecule has 1 aliphatic rings. The molecule has 0 unspecified atom stereocenters. The van der Waals surface area contributed by atoms with Gasteiger partial charge in [0.2, 0.25) is 11.8 Å². The summed E-state index contributed by atoms with van der Waals surface area (Å²) in [5, 5.41) is 8.49. The van der Waals surface area contributed by atoms with Gasteiger partial charge in [0.25, 0.3) is 0 Å². The number of Topliss-reactive ketones (excluding diaryl/α,β-unsaturated/α-hetero) is 1. The van der Waals surface area contributed by atoms with E-state index in [0.717, 1.165) is 5.56 Å². The number of nitrogens with one attached hydrogen (secondary N) is 3. The molecule has 208 valence electrons. The van der Waals surface area contributed by atoms with Crippen molar-refractivity contribution < 1.29 is 23.9 Å². The topological polar surface area (TPSA) is 117 Å². The molecule has 1 heterocycles. The number of rotatable bonds is 9. The fourth-order valence-corrected chi connectivity index (χ4v) is 4.69. The second kappa shape index (κ2) is 13.4. The van der Waals surface area contributed by atoms with Crippen LogP contribution >= 0.6 is 0 Å². The Hall–Kier alpha value is -4.66. The number of hydrogen-bond acceptors (Lipinski definition) is 5. The number of ether oxygens (including phenoxy) is 1. The molecule has 1 aliphatic heterocycles. The van der Waals surface area contributed by atoms with E-state index in [9.17, 15) is 19.2 Å². The van der Waals surface area contributed by atoms with E-state index >= 15 is 0 Å². The van der Waals surface area contributed by atoms with Gasteiger partial charge in [-0.15, -0.1) is 0 Å². The summed E-state index contributed by atoms with van der Waals surface area (Å²) in [6.07, 6.45) is 1.37. The lowest BCUT2D eigenvalue weighted by Crippen LogP contribution is -2.53. The monoisotopic (exact) mass is 542 g/mol. The van der Waals surface area contributed by atoms with Gasteiger partial charge in [-0.3, -0.25) is 14.4 Å². The number of benzene rings is 3. The van der Waals surface area contributed by atoms with E-state index in [1.165, 1.54) is 6.92 Å². The molecule has 4 rings (SSSR count). The lowest BCUT2D eigenvalue weighted by atomic mass is 9.94. The molecular weight excluding hydrogens is 508 g/mol. The van der Waals surface area contributed by atoms with Crippen molar-refractivity contribution in [2.45, 2.75) is 32.2 Å². The van der Waals surface area contributed by atoms with Gasteiger partial charge in [0.05, 0.1) is 7.11 Å². The van der Waals surface area contributed by atoms with E-state index in [2.05, 4.69) is 16.0 Å². The zero-order valence-electron chi connectivity index (χ0n) is 22.7. The number of carbonyl (C=O) groups is 4. The molecule has 3 aromatic rings. The van der Waals surface area contributed by atoms with Crippen LogP contribution in [-0.4, -0.2) is 54.8 Å². The summed E-state index contributed by atoms with van der Waals surface area (Å²) < 4.78 is 5.16. The predicted molar refractivity (Wildman–Crippen MR) is 153 cm³/mol. The zero-order valence-corrected chi connectivity index (χ0v) is 22.7. The van der Waals surface area contributed by atoms with E-state index < -0.39 is 12.1 Å². The number of piperidine rings is 1. The van der Waals surface area contributed by atoms with Gasteiger partial charge in [-0.1, -0.05) is 42.5 Å². The SMILES string of the molecule is COc1ccc(NC(=O)C2CCN(C(=O)[C@@H](Cc3ccccc3)NC(=O)Nc3cccc(C(C)=O)c3)CC2)cc1. The number of nitrogens with zero attached hydrogens (tertiary/aromatic N) is 1. The molecule has 1 saturated heterocycles. The lowest BCUT2D eigenvalue weighted by Gasteiger charge is -2.34. The van der Waals surface area contributed by atoms with Crippen LogP contribution in [0, 0.1) is 5.92 Å². The number of urea groups is 1. The highest BCUT2D eigenvalue weighted by Gasteiger charge is 2.32. The second-order valence-electron chi connectivity index (χ2n) is 9.80. The molecule has 0 spiro atoms. The van der Waals surface area contributed by atoms with Crippen molar-refractivity contribution in [3.8, 4) is 5.75 Å². The van der Waals surface area contributed by atoms with Crippen molar-refractivity contribution >= 4 is 35.0 Å². The van der Waals surface area contributed by atoms with Crippen LogP contribution in [0.1, 0.15) is 35.7 Å². The fourth-order valence-electron chi connectivity index (χ4n) is 4.69. The molecule has 1 atom stereocenters. The van der Waals surface area contributed by atoms with Crippen LogP contribution in [0.25, 0.3) is 0 Å². The highest BCUT2D eigenvalue weighted by atomic mass is 16.5. The standard InChI is InChI=1S/C31H34N4O5/c1-21(36)24-9-6-10-26(20-24)33-31(39)34-28(19-22-7-4-3-5-8-22)30(38)35-17-15-23(16-18-35)29(37)32-25-11-13-27(40-2)14-12-25/h3-14,20,23,28H,15-19H2,1-2H3,(H,32,37)(H2,33,34,39)/t28-/m1/s1. The highest BCUT2D eigenvalue weighted by molar-refractivity contribution is 5.98. The number of methoxy groups -OCH3 is 1. The molecule has 1 fully saturated rings. The Morgan fingerprint density at radius 1 is 0.875 bits per heavy atom. The molecule has 0 bridgehead atoms. The van der Waals surface area contributed by atoms with Crippen LogP contribution in [0.3, 0.4) is 0 Å². The Kier molecular flexibility index (Phi) is 9.51. The molecule has 9 nitrogen and oxygen atoms in total. The first-order valence-corrected chi connectivity index (χ1v) is 13.3. The predicted octanol–water partition coefficient (Wildman–Crippen LogP) is 4.51. The maximum atomic E-state index is 13.6. The van der Waals surface area contributed by atoms with E-state index in [4.69, 9.17) is 4.74 Å². The van der Waals surface area contributed by atoms with Gasteiger partial charge in [0.1, 0.15) is 11.8 Å². The van der Waals surface area contributed by atoms with Crippen LogP contribution < -0.4 is 20.7 Å². The van der Waals surface area contributed by atoms with Crippen molar-refractivity contribution in [1.29, 1.82) is 0 Å². The third-order valence-electron chi connectivity index (χ3n) is 6.95. The number of amides is 4. The van der Waals surface area contributed by atoms with Gasteiger partial charge in [0, 0.05) is 42.4 Å². The van der Waals surface area contributed by atoms with Gasteiger partial charge < -0.3 is 25.6 Å². The summed E-state index contributed by atoms with van der Waals surface area (Å²) in [5.74, 6) is 0.0986. The first-order valence-electron chi connectivity index (χ1n) is 13.3. The fraction of sp³-hybridized carbons (Fsp3) is 0.290. The average molecular weight is 543 g/mol. The zero-order chi connectivity index (χ0) is 28.5. The minimum absolute atomic E-state index is 0.0802. The highest BCUT2D eigenvalue weighted by Crippen LogP contribution is 2.22. The van der Waals surface area contributed by atoms with Crippen molar-refractivity contribution in [2.75, 3.05) is 30.8 Å². The van der Waals surface area contributed by atoms with Crippen molar-refractivity contribution in [1.82, 2.24) is 10.2 Å². The molecule has 3 N–H and O–H groups in total. The quantitative estimate of drug-likeness (QED) is 0.344. The van der Waals surface area contributed by atoms with E-state index in [-0.39, 0.29) is 23.5 Å². The van der Waals surface area contributed by atoms with Gasteiger partial charge in [-0.2, -0.15) is 0 Å². The normalized spacial score (nSPS) is 14.1. The molecule has 4 amide bonds. The average Bonchev–Trinajstić information content (AvgIpc) is 2.97. The molecule has 9 heteroatoms. The molecule has 0 saturated carbocycles.